The molecule has 0 bridgehead atoms. The molecule has 0 aromatic carbocycles. The van der Waals surface area contributed by atoms with Gasteiger partial charge in [-0.3, -0.25) is 0 Å². The van der Waals surface area contributed by atoms with Crippen molar-refractivity contribution in [2.45, 2.75) is 0 Å². The molecule has 50 valence electrons. The fraction of sp³-hybridized carbons (Fsp3) is 0. The predicted octanol–water partition coefficient (Wildman–Crippen LogP) is 2.21. The Labute approximate surface area is 77.0 Å². The van der Waals surface area contributed by atoms with E-state index < -0.39 is 0 Å². The zero-order valence-electron chi connectivity index (χ0n) is 4.81. The quantitative estimate of drug-likeness (QED) is 0.674. The Morgan fingerprint density at radius 2 is 2.40 bits per heavy atom. The Bertz CT molecular complexity index is 292. The molecule has 0 fully saturated rings. The van der Waals surface area contributed by atoms with Gasteiger partial charge in [0.05, 0.1) is 8.59 Å². The number of pyridine rings is 1. The molecule has 1 aromatic heterocycles. The van der Waals surface area contributed by atoms with Gasteiger partial charge in [-0.05, 0) is 28.7 Å². The van der Waals surface area contributed by atoms with E-state index in [2.05, 4.69) is 4.98 Å². The van der Waals surface area contributed by atoms with Gasteiger partial charge in [0, 0.05) is 6.20 Å². The number of rotatable bonds is 0. The molecule has 0 saturated carbocycles. The first-order chi connectivity index (χ1) is 4.74. The number of nitriles is 1. The van der Waals surface area contributed by atoms with Crippen molar-refractivity contribution >= 4 is 34.2 Å². The highest BCUT2D eigenvalue weighted by atomic mass is 127. The lowest BCUT2D eigenvalue weighted by Crippen LogP contribution is -1.85. The van der Waals surface area contributed by atoms with E-state index in [4.69, 9.17) is 16.9 Å². The first kappa shape index (κ1) is 7.76. The molecule has 0 radical (unpaired) electrons. The molecule has 0 unspecified atom stereocenters. The molecule has 0 amide bonds. The smallest absolute Gasteiger partial charge is 0.153 e. The highest BCUT2D eigenvalue weighted by molar-refractivity contribution is 14.1. The Morgan fingerprint density at radius 3 is 2.90 bits per heavy atom. The van der Waals surface area contributed by atoms with E-state index in [1.807, 2.05) is 28.7 Å². The fourth-order valence-electron chi connectivity index (χ4n) is 0.497. The normalized spacial score (nSPS) is 8.90. The molecule has 0 aliphatic carbocycles. The second-order valence-electron chi connectivity index (χ2n) is 1.60. The second kappa shape index (κ2) is 3.17. The molecule has 1 aromatic rings. The van der Waals surface area contributed by atoms with Gasteiger partial charge in [0.15, 0.2) is 5.69 Å². The van der Waals surface area contributed by atoms with Crippen LogP contribution >= 0.6 is 34.2 Å². The van der Waals surface area contributed by atoms with Crippen LogP contribution in [0.3, 0.4) is 0 Å². The first-order valence-electron chi connectivity index (χ1n) is 2.45. The average molecular weight is 264 g/mol. The summed E-state index contributed by atoms with van der Waals surface area (Å²) in [5.74, 6) is 0. The van der Waals surface area contributed by atoms with Gasteiger partial charge in [-0.2, -0.15) is 5.26 Å². The molecule has 0 atom stereocenters. The van der Waals surface area contributed by atoms with Gasteiger partial charge in [-0.1, -0.05) is 11.6 Å². The van der Waals surface area contributed by atoms with Crippen LogP contribution in [0.4, 0.5) is 0 Å². The van der Waals surface area contributed by atoms with E-state index in [0.717, 1.165) is 3.57 Å². The van der Waals surface area contributed by atoms with Gasteiger partial charge in [-0.25, -0.2) is 4.98 Å². The molecule has 0 saturated heterocycles. The summed E-state index contributed by atoms with van der Waals surface area (Å²) in [6.45, 7) is 0. The lowest BCUT2D eigenvalue weighted by Gasteiger charge is -1.92. The van der Waals surface area contributed by atoms with Crippen molar-refractivity contribution in [3.05, 3.63) is 26.5 Å². The van der Waals surface area contributed by atoms with Crippen molar-refractivity contribution in [3.8, 4) is 6.07 Å². The van der Waals surface area contributed by atoms with E-state index in [0.29, 0.717) is 10.7 Å². The molecule has 2 nitrogen and oxygen atoms in total. The van der Waals surface area contributed by atoms with Crippen LogP contribution in [0.15, 0.2) is 12.3 Å². The molecule has 0 spiro atoms. The minimum absolute atomic E-state index is 0.421. The molecule has 0 aliphatic rings. The van der Waals surface area contributed by atoms with E-state index in [9.17, 15) is 0 Å². The Kier molecular flexibility index (Phi) is 2.46. The third-order valence-corrected chi connectivity index (χ3v) is 1.94. The van der Waals surface area contributed by atoms with Crippen LogP contribution in [0.5, 0.6) is 0 Å². The highest BCUT2D eigenvalue weighted by Gasteiger charge is 1.98. The van der Waals surface area contributed by atoms with Crippen molar-refractivity contribution in [2.24, 2.45) is 0 Å². The van der Waals surface area contributed by atoms with Crippen LogP contribution in [0.2, 0.25) is 5.02 Å². The van der Waals surface area contributed by atoms with Crippen LogP contribution in [0, 0.1) is 14.9 Å². The SMILES string of the molecule is N#Cc1ncc(Cl)cc1I. The van der Waals surface area contributed by atoms with Crippen LogP contribution in [-0.4, -0.2) is 4.98 Å². The fourth-order valence-corrected chi connectivity index (χ4v) is 1.43. The summed E-state index contributed by atoms with van der Waals surface area (Å²) in [7, 11) is 0. The first-order valence-corrected chi connectivity index (χ1v) is 3.91. The third kappa shape index (κ3) is 1.58. The zero-order valence-corrected chi connectivity index (χ0v) is 7.72. The Hall–Kier alpha value is -0.340. The molecule has 0 aliphatic heterocycles. The minimum atomic E-state index is 0.421. The van der Waals surface area contributed by atoms with Crippen molar-refractivity contribution in [3.63, 3.8) is 0 Å². The maximum absolute atomic E-state index is 8.45. The summed E-state index contributed by atoms with van der Waals surface area (Å²) in [5, 5.41) is 9.01. The molecular weight excluding hydrogens is 262 g/mol. The van der Waals surface area contributed by atoms with Crippen LogP contribution in [0.25, 0.3) is 0 Å². The molecule has 10 heavy (non-hydrogen) atoms. The standard InChI is InChI=1S/C6H2ClIN2/c7-4-1-5(8)6(2-9)10-3-4/h1,3H. The maximum atomic E-state index is 8.45. The van der Waals surface area contributed by atoms with Gasteiger partial charge >= 0.3 is 0 Å². The summed E-state index contributed by atoms with van der Waals surface area (Å²) in [5.41, 5.74) is 0.421. The lowest BCUT2D eigenvalue weighted by molar-refractivity contribution is 1.24. The molecule has 1 rings (SSSR count). The topological polar surface area (TPSA) is 36.7 Å². The number of halogens is 2. The largest absolute Gasteiger partial charge is 0.243 e. The molecule has 1 heterocycles. The van der Waals surface area contributed by atoms with Crippen LogP contribution in [-0.2, 0) is 0 Å². The highest BCUT2D eigenvalue weighted by Crippen LogP contribution is 2.13. The van der Waals surface area contributed by atoms with Gasteiger partial charge < -0.3 is 0 Å². The van der Waals surface area contributed by atoms with E-state index in [1.165, 1.54) is 6.20 Å². The zero-order chi connectivity index (χ0) is 7.56. The van der Waals surface area contributed by atoms with Crippen molar-refractivity contribution < 1.29 is 0 Å². The lowest BCUT2D eigenvalue weighted by atomic mass is 10.4. The number of hydrogen-bond donors (Lipinski definition) is 0. The molecule has 0 N–H and O–H groups in total. The van der Waals surface area contributed by atoms with E-state index in [1.54, 1.807) is 6.07 Å². The van der Waals surface area contributed by atoms with Crippen LogP contribution < -0.4 is 0 Å². The summed E-state index contributed by atoms with van der Waals surface area (Å²) in [6, 6.07) is 3.65. The summed E-state index contributed by atoms with van der Waals surface area (Å²) >= 11 is 7.61. The van der Waals surface area contributed by atoms with Crippen molar-refractivity contribution in [1.29, 1.82) is 5.26 Å². The minimum Gasteiger partial charge on any atom is -0.243 e. The van der Waals surface area contributed by atoms with Gasteiger partial charge in [0.1, 0.15) is 6.07 Å². The number of nitrogens with zero attached hydrogens (tertiary/aromatic N) is 2. The molecule has 4 heteroatoms. The van der Waals surface area contributed by atoms with Crippen LogP contribution in [0.1, 0.15) is 5.69 Å². The summed E-state index contributed by atoms with van der Waals surface area (Å²) < 4.78 is 0.785. The maximum Gasteiger partial charge on any atom is 0.153 e. The second-order valence-corrected chi connectivity index (χ2v) is 3.19. The Balaban J connectivity index is 3.23. The third-order valence-electron chi connectivity index (χ3n) is 0.914. The van der Waals surface area contributed by atoms with Gasteiger partial charge in [0.2, 0.25) is 0 Å². The molecular formula is C6H2ClIN2. The number of hydrogen-bond acceptors (Lipinski definition) is 2. The van der Waals surface area contributed by atoms with Crippen molar-refractivity contribution in [2.75, 3.05) is 0 Å². The monoisotopic (exact) mass is 264 g/mol. The van der Waals surface area contributed by atoms with Gasteiger partial charge in [0.25, 0.3) is 0 Å². The Morgan fingerprint density at radius 1 is 1.70 bits per heavy atom. The van der Waals surface area contributed by atoms with Crippen molar-refractivity contribution in [1.82, 2.24) is 4.98 Å². The number of aromatic nitrogens is 1. The van der Waals surface area contributed by atoms with E-state index >= 15 is 0 Å². The average Bonchev–Trinajstić information content (AvgIpc) is 1.88. The summed E-state index contributed by atoms with van der Waals surface area (Å²) in [4.78, 5) is 3.80. The summed E-state index contributed by atoms with van der Waals surface area (Å²) in [6.07, 6.45) is 1.46. The van der Waals surface area contributed by atoms with E-state index in [-0.39, 0.29) is 0 Å². The van der Waals surface area contributed by atoms with Gasteiger partial charge in [-0.15, -0.1) is 0 Å². The predicted molar refractivity (Wildman–Crippen MR) is 46.7 cm³/mol.